The molecule has 2 rings (SSSR count). The van der Waals surface area contributed by atoms with Crippen molar-refractivity contribution in [3.63, 3.8) is 0 Å². The molecule has 0 fully saturated rings. The van der Waals surface area contributed by atoms with Crippen LogP contribution >= 0.6 is 0 Å². The second kappa shape index (κ2) is 4.68. The Morgan fingerprint density at radius 1 is 1.33 bits per heavy atom. The van der Waals surface area contributed by atoms with Crippen molar-refractivity contribution < 1.29 is 9.15 Å². The van der Waals surface area contributed by atoms with E-state index in [4.69, 9.17) is 9.15 Å². The quantitative estimate of drug-likeness (QED) is 0.784. The van der Waals surface area contributed by atoms with Gasteiger partial charge in [-0.3, -0.25) is 4.98 Å². The van der Waals surface area contributed by atoms with Crippen molar-refractivity contribution in [2.45, 2.75) is 20.8 Å². The molecule has 1 aromatic carbocycles. The number of fused-ring (bicyclic) bond motifs is 1. The van der Waals surface area contributed by atoms with Crippen molar-refractivity contribution in [1.82, 2.24) is 4.98 Å². The Bertz CT molecular complexity index is 496. The van der Waals surface area contributed by atoms with Crippen molar-refractivity contribution in [1.29, 1.82) is 0 Å². The Morgan fingerprint density at radius 2 is 2.00 bits per heavy atom. The predicted molar refractivity (Wildman–Crippen MR) is 59.5 cm³/mol. The zero-order valence-electron chi connectivity index (χ0n) is 9.38. The second-order valence-corrected chi connectivity index (χ2v) is 2.84. The molecule has 0 unspecified atom stereocenters. The molecule has 1 aromatic heterocycles. The normalized spacial score (nSPS) is 9.60. The number of hydrogen-bond acceptors (Lipinski definition) is 3. The largest absolute Gasteiger partial charge is 0.497 e. The van der Waals surface area contributed by atoms with E-state index in [0.29, 0.717) is 16.8 Å². The van der Waals surface area contributed by atoms with Crippen LogP contribution in [0, 0.1) is 6.92 Å². The highest BCUT2D eigenvalue weighted by Gasteiger charge is 2.05. The number of aryl methyl sites for hydroxylation is 1. The van der Waals surface area contributed by atoms with Gasteiger partial charge in [0.15, 0.2) is 5.58 Å². The van der Waals surface area contributed by atoms with E-state index in [1.54, 1.807) is 13.2 Å². The molecule has 0 aliphatic heterocycles. The molecular weight excluding hydrogens is 194 g/mol. The molecule has 2 aromatic rings. The number of ether oxygens (including phenoxy) is 1. The van der Waals surface area contributed by atoms with Gasteiger partial charge in [0, 0.05) is 6.07 Å². The third kappa shape index (κ3) is 2.21. The van der Waals surface area contributed by atoms with Crippen LogP contribution < -0.4 is 10.5 Å². The first kappa shape index (κ1) is 11.4. The van der Waals surface area contributed by atoms with E-state index in [1.807, 2.05) is 26.8 Å². The van der Waals surface area contributed by atoms with E-state index in [1.165, 1.54) is 0 Å². The molecule has 0 aliphatic rings. The van der Waals surface area contributed by atoms with Crippen molar-refractivity contribution in [3.05, 3.63) is 28.2 Å². The highest BCUT2D eigenvalue weighted by Crippen LogP contribution is 2.21. The van der Waals surface area contributed by atoms with Crippen LogP contribution in [0.3, 0.4) is 0 Å². The maximum absolute atomic E-state index is 10.9. The lowest BCUT2D eigenvalue weighted by atomic mass is 10.2. The van der Waals surface area contributed by atoms with E-state index in [-0.39, 0.29) is 0 Å². The average molecular weight is 209 g/mol. The summed E-state index contributed by atoms with van der Waals surface area (Å²) in [5, 5.41) is 0. The Kier molecular flexibility index (Phi) is 3.55. The Balaban J connectivity index is 0.000000531. The number of H-pyrrole nitrogens is 1. The summed E-state index contributed by atoms with van der Waals surface area (Å²) in [6.07, 6.45) is 0. The summed E-state index contributed by atoms with van der Waals surface area (Å²) < 4.78 is 9.98. The molecule has 4 nitrogen and oxygen atoms in total. The van der Waals surface area contributed by atoms with Gasteiger partial charge in [0.2, 0.25) is 0 Å². The van der Waals surface area contributed by atoms with Crippen molar-refractivity contribution in [2.75, 3.05) is 7.11 Å². The van der Waals surface area contributed by atoms with Crippen LogP contribution in [0.4, 0.5) is 0 Å². The van der Waals surface area contributed by atoms with Gasteiger partial charge in [0.25, 0.3) is 0 Å². The van der Waals surface area contributed by atoms with Crippen LogP contribution in [0.25, 0.3) is 11.1 Å². The predicted octanol–water partition coefficient (Wildman–Crippen LogP) is 2.46. The maximum Gasteiger partial charge on any atom is 0.417 e. The van der Waals surface area contributed by atoms with E-state index in [2.05, 4.69) is 4.98 Å². The Hall–Kier alpha value is -1.71. The smallest absolute Gasteiger partial charge is 0.417 e. The van der Waals surface area contributed by atoms with Crippen molar-refractivity contribution in [3.8, 4) is 5.75 Å². The molecule has 0 bridgehead atoms. The van der Waals surface area contributed by atoms with Gasteiger partial charge >= 0.3 is 5.76 Å². The summed E-state index contributed by atoms with van der Waals surface area (Å²) in [4.78, 5) is 13.4. The third-order valence-electron chi connectivity index (χ3n) is 1.92. The molecule has 1 N–H and O–H groups in total. The van der Waals surface area contributed by atoms with E-state index in [0.717, 1.165) is 5.56 Å². The molecule has 15 heavy (non-hydrogen) atoms. The summed E-state index contributed by atoms with van der Waals surface area (Å²) in [7, 11) is 1.58. The van der Waals surface area contributed by atoms with E-state index in [9.17, 15) is 4.79 Å². The first-order chi connectivity index (χ1) is 7.20. The van der Waals surface area contributed by atoms with Crippen LogP contribution in [0.1, 0.15) is 19.4 Å². The fraction of sp³-hybridized carbons (Fsp3) is 0.364. The van der Waals surface area contributed by atoms with Crippen LogP contribution in [0.15, 0.2) is 21.3 Å². The lowest BCUT2D eigenvalue weighted by molar-refractivity contribution is 0.415. The number of aromatic amines is 1. The van der Waals surface area contributed by atoms with Crippen molar-refractivity contribution in [2.24, 2.45) is 0 Å². The molecule has 82 valence electrons. The molecular formula is C11H15NO3. The highest BCUT2D eigenvalue weighted by molar-refractivity contribution is 5.77. The number of rotatable bonds is 1. The summed E-state index contributed by atoms with van der Waals surface area (Å²) in [5.74, 6) is 0.272. The minimum absolute atomic E-state index is 0.439. The second-order valence-electron chi connectivity index (χ2n) is 2.84. The molecule has 0 aliphatic carbocycles. The summed E-state index contributed by atoms with van der Waals surface area (Å²) in [5.41, 5.74) is 2.14. The number of hydrogen-bond donors (Lipinski definition) is 1. The first-order valence-corrected chi connectivity index (χ1v) is 4.88. The summed E-state index contributed by atoms with van der Waals surface area (Å²) in [6, 6.07) is 3.55. The van der Waals surface area contributed by atoms with Gasteiger partial charge in [-0.1, -0.05) is 13.8 Å². The van der Waals surface area contributed by atoms with Gasteiger partial charge < -0.3 is 9.15 Å². The summed E-state index contributed by atoms with van der Waals surface area (Å²) in [6.45, 7) is 5.86. The SMILES string of the molecule is CC.COc1cc(C)c2oc(=O)[nH]c2c1. The van der Waals surface area contributed by atoms with Gasteiger partial charge in [-0.05, 0) is 18.6 Å². The van der Waals surface area contributed by atoms with Crippen molar-refractivity contribution >= 4 is 11.1 Å². The van der Waals surface area contributed by atoms with Gasteiger partial charge in [-0.25, -0.2) is 4.79 Å². The summed E-state index contributed by atoms with van der Waals surface area (Å²) >= 11 is 0. The Morgan fingerprint density at radius 3 is 2.60 bits per heavy atom. The van der Waals surface area contributed by atoms with Crippen LogP contribution in [-0.4, -0.2) is 12.1 Å². The number of aromatic nitrogens is 1. The fourth-order valence-corrected chi connectivity index (χ4v) is 1.32. The van der Waals surface area contributed by atoms with Gasteiger partial charge in [-0.2, -0.15) is 0 Å². The monoisotopic (exact) mass is 209 g/mol. The van der Waals surface area contributed by atoms with Gasteiger partial charge in [-0.15, -0.1) is 0 Å². The molecule has 0 spiro atoms. The minimum Gasteiger partial charge on any atom is -0.497 e. The number of benzene rings is 1. The van der Waals surface area contributed by atoms with Gasteiger partial charge in [0.05, 0.1) is 12.6 Å². The number of oxazole rings is 1. The molecule has 1 heterocycles. The molecule has 0 saturated carbocycles. The van der Waals surface area contributed by atoms with Crippen LogP contribution in [0.5, 0.6) is 5.75 Å². The zero-order chi connectivity index (χ0) is 11.4. The van der Waals surface area contributed by atoms with Gasteiger partial charge in [0.1, 0.15) is 5.75 Å². The topological polar surface area (TPSA) is 55.2 Å². The first-order valence-electron chi connectivity index (χ1n) is 4.88. The standard InChI is InChI=1S/C9H9NO3.C2H6/c1-5-3-6(12-2)4-7-8(5)13-9(11)10-7;1-2/h3-4H,1-2H3,(H,10,11);1-2H3. The third-order valence-corrected chi connectivity index (χ3v) is 1.92. The molecule has 0 amide bonds. The Labute approximate surface area is 87.9 Å². The van der Waals surface area contributed by atoms with E-state index < -0.39 is 5.76 Å². The highest BCUT2D eigenvalue weighted by atomic mass is 16.5. The lowest BCUT2D eigenvalue weighted by Gasteiger charge is -2.00. The molecule has 0 atom stereocenters. The zero-order valence-corrected chi connectivity index (χ0v) is 9.38. The minimum atomic E-state index is -0.439. The average Bonchev–Trinajstić information content (AvgIpc) is 2.62. The molecule has 4 heteroatoms. The molecule has 0 saturated heterocycles. The van der Waals surface area contributed by atoms with E-state index >= 15 is 0 Å². The lowest BCUT2D eigenvalue weighted by Crippen LogP contribution is -1.92. The number of nitrogens with one attached hydrogen (secondary N) is 1. The van der Waals surface area contributed by atoms with Crippen LogP contribution in [0.2, 0.25) is 0 Å². The maximum atomic E-state index is 10.9. The van der Waals surface area contributed by atoms with Crippen LogP contribution in [-0.2, 0) is 0 Å². The fourth-order valence-electron chi connectivity index (χ4n) is 1.32. The molecule has 0 radical (unpaired) electrons. The number of methoxy groups -OCH3 is 1.